The SMILES string of the molecule is CN1C(=O)/C(=C/c2cc(Br)ccc2OCc2ccccc2)SC1=Nc1cccc(C(=O)O)c1. The normalized spacial score (nSPS) is 15.9. The fraction of sp³-hybridized carbons (Fsp3) is 0.0800. The first kappa shape index (κ1) is 22.8. The van der Waals surface area contributed by atoms with Crippen molar-refractivity contribution in [2.45, 2.75) is 6.61 Å². The molecule has 3 aromatic carbocycles. The van der Waals surface area contributed by atoms with Crippen molar-refractivity contribution in [1.82, 2.24) is 4.90 Å². The summed E-state index contributed by atoms with van der Waals surface area (Å²) in [5, 5.41) is 9.66. The topological polar surface area (TPSA) is 79.2 Å². The number of carboxylic acid groups (broad SMARTS) is 1. The molecule has 1 fully saturated rings. The standard InChI is InChI=1S/C25H19BrN2O4S/c1-28-23(29)22(33-25(28)27-20-9-5-8-17(13-20)24(30)31)14-18-12-19(26)10-11-21(18)32-15-16-6-3-2-4-7-16/h2-14H,15H2,1H3,(H,30,31)/b22-14-,27-25?. The van der Waals surface area contributed by atoms with Crippen molar-refractivity contribution in [2.24, 2.45) is 4.99 Å². The van der Waals surface area contributed by atoms with E-state index in [4.69, 9.17) is 4.74 Å². The van der Waals surface area contributed by atoms with Crippen molar-refractivity contribution in [3.63, 3.8) is 0 Å². The summed E-state index contributed by atoms with van der Waals surface area (Å²) < 4.78 is 6.89. The van der Waals surface area contributed by atoms with Crippen molar-refractivity contribution in [1.29, 1.82) is 0 Å². The van der Waals surface area contributed by atoms with Crippen molar-refractivity contribution in [2.75, 3.05) is 7.05 Å². The Morgan fingerprint density at radius 2 is 1.91 bits per heavy atom. The lowest BCUT2D eigenvalue weighted by Crippen LogP contribution is -2.23. The monoisotopic (exact) mass is 522 g/mol. The van der Waals surface area contributed by atoms with Crippen LogP contribution in [0.5, 0.6) is 5.75 Å². The van der Waals surface area contributed by atoms with Crippen molar-refractivity contribution >= 4 is 56.5 Å². The average Bonchev–Trinajstić information content (AvgIpc) is 3.07. The summed E-state index contributed by atoms with van der Waals surface area (Å²) in [6, 6.07) is 21.8. The van der Waals surface area contributed by atoms with E-state index >= 15 is 0 Å². The Balaban J connectivity index is 1.60. The van der Waals surface area contributed by atoms with Gasteiger partial charge in [0.1, 0.15) is 12.4 Å². The Labute approximate surface area is 203 Å². The van der Waals surface area contributed by atoms with Gasteiger partial charge in [-0.1, -0.05) is 52.3 Å². The Morgan fingerprint density at radius 3 is 2.67 bits per heavy atom. The van der Waals surface area contributed by atoms with Crippen LogP contribution in [-0.2, 0) is 11.4 Å². The van der Waals surface area contributed by atoms with Gasteiger partial charge in [-0.3, -0.25) is 9.69 Å². The molecule has 0 atom stereocenters. The minimum atomic E-state index is -1.03. The fourth-order valence-corrected chi connectivity index (χ4v) is 4.47. The minimum absolute atomic E-state index is 0.138. The smallest absolute Gasteiger partial charge is 0.335 e. The van der Waals surface area contributed by atoms with Gasteiger partial charge in [0.2, 0.25) is 0 Å². The van der Waals surface area contributed by atoms with Gasteiger partial charge in [-0.05, 0) is 59.8 Å². The number of thioether (sulfide) groups is 1. The van der Waals surface area contributed by atoms with E-state index in [2.05, 4.69) is 20.9 Å². The third-order valence-corrected chi connectivity index (χ3v) is 6.37. The highest BCUT2D eigenvalue weighted by Gasteiger charge is 2.30. The highest BCUT2D eigenvalue weighted by molar-refractivity contribution is 9.10. The number of hydrogen-bond donors (Lipinski definition) is 1. The zero-order valence-corrected chi connectivity index (χ0v) is 20.0. The van der Waals surface area contributed by atoms with E-state index in [9.17, 15) is 14.7 Å². The van der Waals surface area contributed by atoms with Crippen LogP contribution in [0.15, 0.2) is 87.2 Å². The lowest BCUT2D eigenvalue weighted by atomic mass is 10.1. The van der Waals surface area contributed by atoms with Crippen LogP contribution in [-0.4, -0.2) is 34.1 Å². The zero-order chi connectivity index (χ0) is 23.4. The molecule has 8 heteroatoms. The summed E-state index contributed by atoms with van der Waals surface area (Å²) >= 11 is 4.71. The molecular weight excluding hydrogens is 504 g/mol. The second-order valence-electron chi connectivity index (χ2n) is 7.18. The highest BCUT2D eigenvalue weighted by Crippen LogP contribution is 2.35. The van der Waals surface area contributed by atoms with Crippen molar-refractivity contribution in [3.8, 4) is 5.75 Å². The molecule has 1 saturated heterocycles. The van der Waals surface area contributed by atoms with Gasteiger partial charge in [0, 0.05) is 17.1 Å². The van der Waals surface area contributed by atoms with E-state index in [0.717, 1.165) is 15.6 Å². The highest BCUT2D eigenvalue weighted by atomic mass is 79.9. The molecule has 1 N–H and O–H groups in total. The van der Waals surface area contributed by atoms with Crippen LogP contribution >= 0.6 is 27.7 Å². The number of ether oxygens (including phenoxy) is 1. The van der Waals surface area contributed by atoms with E-state index in [0.29, 0.717) is 28.1 Å². The molecule has 6 nitrogen and oxygen atoms in total. The first-order chi connectivity index (χ1) is 15.9. The molecule has 33 heavy (non-hydrogen) atoms. The molecule has 0 saturated carbocycles. The van der Waals surface area contributed by atoms with Gasteiger partial charge in [0.05, 0.1) is 16.2 Å². The van der Waals surface area contributed by atoms with E-state index in [1.807, 2.05) is 48.5 Å². The summed E-state index contributed by atoms with van der Waals surface area (Å²) in [6.07, 6.45) is 1.78. The third-order valence-electron chi connectivity index (χ3n) is 4.82. The summed E-state index contributed by atoms with van der Waals surface area (Å²) in [6.45, 7) is 0.409. The number of rotatable bonds is 6. The number of halogens is 1. The number of benzene rings is 3. The van der Waals surface area contributed by atoms with Gasteiger partial charge < -0.3 is 9.84 Å². The van der Waals surface area contributed by atoms with Gasteiger partial charge in [-0.15, -0.1) is 0 Å². The molecule has 0 unspecified atom stereocenters. The second kappa shape index (κ2) is 10.1. The summed E-state index contributed by atoms with van der Waals surface area (Å²) in [5.74, 6) is -0.564. The number of amidine groups is 1. The molecule has 0 bridgehead atoms. The van der Waals surface area contributed by atoms with E-state index in [1.54, 1.807) is 25.3 Å². The first-order valence-electron chi connectivity index (χ1n) is 9.96. The van der Waals surface area contributed by atoms with E-state index < -0.39 is 5.97 Å². The number of aliphatic imine (C=N–C) groups is 1. The number of amides is 1. The van der Waals surface area contributed by atoms with Crippen LogP contribution in [0, 0.1) is 0 Å². The minimum Gasteiger partial charge on any atom is -0.488 e. The number of aromatic carboxylic acids is 1. The predicted molar refractivity (Wildman–Crippen MR) is 134 cm³/mol. The molecule has 0 spiro atoms. The van der Waals surface area contributed by atoms with Crippen LogP contribution in [0.4, 0.5) is 5.69 Å². The summed E-state index contributed by atoms with van der Waals surface area (Å²) in [5.41, 5.74) is 2.41. The van der Waals surface area contributed by atoms with E-state index in [1.165, 1.54) is 28.8 Å². The maximum atomic E-state index is 12.9. The lowest BCUT2D eigenvalue weighted by molar-refractivity contribution is -0.121. The van der Waals surface area contributed by atoms with Gasteiger partial charge in [-0.25, -0.2) is 9.79 Å². The number of carboxylic acids is 1. The fourth-order valence-electron chi connectivity index (χ4n) is 3.11. The molecule has 0 radical (unpaired) electrons. The largest absolute Gasteiger partial charge is 0.488 e. The van der Waals surface area contributed by atoms with Crippen LogP contribution in [0.1, 0.15) is 21.5 Å². The third kappa shape index (κ3) is 5.53. The van der Waals surface area contributed by atoms with Crippen LogP contribution in [0.25, 0.3) is 6.08 Å². The maximum absolute atomic E-state index is 12.9. The number of carbonyl (C=O) groups is 2. The van der Waals surface area contributed by atoms with Gasteiger partial charge in [0.25, 0.3) is 5.91 Å². The molecule has 4 rings (SSSR count). The van der Waals surface area contributed by atoms with Crippen LogP contribution in [0.2, 0.25) is 0 Å². The van der Waals surface area contributed by atoms with Gasteiger partial charge in [0.15, 0.2) is 5.17 Å². The summed E-state index contributed by atoms with van der Waals surface area (Å²) in [4.78, 5) is 30.5. The van der Waals surface area contributed by atoms with E-state index in [-0.39, 0.29) is 11.5 Å². The first-order valence-corrected chi connectivity index (χ1v) is 11.6. The van der Waals surface area contributed by atoms with Crippen LogP contribution < -0.4 is 4.74 Å². The molecular formula is C25H19BrN2O4S. The zero-order valence-electron chi connectivity index (χ0n) is 17.6. The Bertz CT molecular complexity index is 1270. The molecule has 1 aliphatic rings. The maximum Gasteiger partial charge on any atom is 0.335 e. The number of likely N-dealkylation sites (N-methyl/N-ethyl adjacent to an activating group) is 1. The van der Waals surface area contributed by atoms with Gasteiger partial charge >= 0.3 is 5.97 Å². The molecule has 1 amide bonds. The quantitative estimate of drug-likeness (QED) is 0.404. The molecule has 1 heterocycles. The van der Waals surface area contributed by atoms with Crippen LogP contribution in [0.3, 0.4) is 0 Å². The number of hydrogen-bond acceptors (Lipinski definition) is 5. The Kier molecular flexibility index (Phi) is 6.96. The number of carbonyl (C=O) groups excluding carboxylic acids is 1. The molecule has 1 aliphatic heterocycles. The second-order valence-corrected chi connectivity index (χ2v) is 9.11. The average molecular weight is 523 g/mol. The number of nitrogens with zero attached hydrogens (tertiary/aromatic N) is 2. The molecule has 0 aliphatic carbocycles. The van der Waals surface area contributed by atoms with Crippen molar-refractivity contribution in [3.05, 3.63) is 98.9 Å². The predicted octanol–water partition coefficient (Wildman–Crippen LogP) is 5.96. The Hall–Kier alpha value is -3.36. The Morgan fingerprint density at radius 1 is 1.12 bits per heavy atom. The molecule has 0 aromatic heterocycles. The van der Waals surface area contributed by atoms with Gasteiger partial charge in [-0.2, -0.15) is 0 Å². The lowest BCUT2D eigenvalue weighted by Gasteiger charge is -2.10. The van der Waals surface area contributed by atoms with Crippen molar-refractivity contribution < 1.29 is 19.4 Å². The molecule has 166 valence electrons. The summed E-state index contributed by atoms with van der Waals surface area (Å²) in [7, 11) is 1.64. The molecule has 3 aromatic rings.